The molecule has 3 N–H and O–H groups in total. The lowest BCUT2D eigenvalue weighted by Crippen LogP contribution is -2.29. The van der Waals surface area contributed by atoms with Crippen LogP contribution in [-0.4, -0.2) is 0 Å². The van der Waals surface area contributed by atoms with E-state index >= 15 is 0 Å². The third-order valence-electron chi connectivity index (χ3n) is 2.70. The summed E-state index contributed by atoms with van der Waals surface area (Å²) in [6, 6.07) is 6.38. The molecule has 0 saturated heterocycles. The van der Waals surface area contributed by atoms with Gasteiger partial charge in [-0.25, -0.2) is 0 Å². The molecule has 0 radical (unpaired) electrons. The van der Waals surface area contributed by atoms with Crippen molar-refractivity contribution in [3.63, 3.8) is 0 Å². The van der Waals surface area contributed by atoms with E-state index in [4.69, 9.17) is 17.4 Å². The zero-order valence-corrected chi connectivity index (χ0v) is 9.01. The maximum Gasteiger partial charge on any atom is 0.0488 e. The molecule has 1 aliphatic rings. The first-order valence-electron chi connectivity index (χ1n) is 4.94. The van der Waals surface area contributed by atoms with Gasteiger partial charge in [0.05, 0.1) is 0 Å². The number of hydrogen-bond acceptors (Lipinski definition) is 2. The molecule has 1 unspecified atom stereocenters. The van der Waals surface area contributed by atoms with Crippen molar-refractivity contribution >= 4 is 11.6 Å². The van der Waals surface area contributed by atoms with Crippen LogP contribution in [0.25, 0.3) is 0 Å². The molecule has 0 heterocycles. The van der Waals surface area contributed by atoms with Crippen LogP contribution < -0.4 is 11.3 Å². The van der Waals surface area contributed by atoms with Crippen LogP contribution in [0.1, 0.15) is 30.0 Å². The number of aryl methyl sites for hydroxylation is 1. The Morgan fingerprint density at radius 1 is 1.43 bits per heavy atom. The van der Waals surface area contributed by atoms with Gasteiger partial charge in [-0.1, -0.05) is 17.7 Å². The Labute approximate surface area is 89.4 Å². The lowest BCUT2D eigenvalue weighted by molar-refractivity contribution is 0.496. The molecule has 0 spiro atoms. The number of halogens is 1. The van der Waals surface area contributed by atoms with E-state index in [1.54, 1.807) is 0 Å². The molecule has 2 rings (SSSR count). The predicted octanol–water partition coefficient (Wildman–Crippen LogP) is 2.56. The second kappa shape index (κ2) is 3.89. The molecule has 0 amide bonds. The van der Waals surface area contributed by atoms with E-state index in [1.165, 1.54) is 24.0 Å². The molecule has 0 bridgehead atoms. The maximum absolute atomic E-state index is 6.01. The van der Waals surface area contributed by atoms with E-state index in [-0.39, 0.29) is 6.04 Å². The number of hydrazine groups is 1. The Morgan fingerprint density at radius 3 is 2.64 bits per heavy atom. The van der Waals surface area contributed by atoms with Gasteiger partial charge in [0.1, 0.15) is 0 Å². The third-order valence-corrected chi connectivity index (χ3v) is 2.91. The normalized spacial score (nSPS) is 18.2. The first-order chi connectivity index (χ1) is 6.70. The summed E-state index contributed by atoms with van der Waals surface area (Å²) in [6.07, 6.45) is 2.53. The van der Waals surface area contributed by atoms with Gasteiger partial charge in [-0.15, -0.1) is 0 Å². The van der Waals surface area contributed by atoms with Crippen LogP contribution in [-0.2, 0) is 0 Å². The van der Waals surface area contributed by atoms with Crippen molar-refractivity contribution in [1.29, 1.82) is 0 Å². The quantitative estimate of drug-likeness (QED) is 0.595. The highest BCUT2D eigenvalue weighted by molar-refractivity contribution is 6.30. The zero-order valence-electron chi connectivity index (χ0n) is 8.26. The molecule has 3 heteroatoms. The van der Waals surface area contributed by atoms with Crippen LogP contribution in [0.2, 0.25) is 5.02 Å². The molecule has 1 aromatic rings. The third kappa shape index (κ3) is 2.08. The van der Waals surface area contributed by atoms with Gasteiger partial charge >= 0.3 is 0 Å². The fraction of sp³-hybridized carbons (Fsp3) is 0.455. The van der Waals surface area contributed by atoms with E-state index in [9.17, 15) is 0 Å². The van der Waals surface area contributed by atoms with Crippen molar-refractivity contribution in [2.75, 3.05) is 0 Å². The number of hydrogen-bond donors (Lipinski definition) is 2. The Kier molecular flexibility index (Phi) is 2.77. The minimum atomic E-state index is 0.271. The Morgan fingerprint density at radius 2 is 2.14 bits per heavy atom. The average molecular weight is 211 g/mol. The smallest absolute Gasteiger partial charge is 0.0488 e. The zero-order chi connectivity index (χ0) is 10.1. The second-order valence-corrected chi connectivity index (χ2v) is 4.48. The molecule has 0 aliphatic heterocycles. The molecule has 1 saturated carbocycles. The largest absolute Gasteiger partial charge is 0.271 e. The number of benzene rings is 1. The van der Waals surface area contributed by atoms with Crippen LogP contribution in [0.3, 0.4) is 0 Å². The average Bonchev–Trinajstić information content (AvgIpc) is 2.87. The van der Waals surface area contributed by atoms with E-state index in [0.29, 0.717) is 5.92 Å². The number of nitrogens with one attached hydrogen (secondary N) is 1. The van der Waals surface area contributed by atoms with Crippen LogP contribution >= 0.6 is 11.6 Å². The first kappa shape index (κ1) is 9.97. The molecular weight excluding hydrogens is 196 g/mol. The summed E-state index contributed by atoms with van der Waals surface area (Å²) < 4.78 is 0. The summed E-state index contributed by atoms with van der Waals surface area (Å²) in [4.78, 5) is 0. The van der Waals surface area contributed by atoms with E-state index in [0.717, 1.165) is 5.02 Å². The minimum Gasteiger partial charge on any atom is -0.271 e. The first-order valence-corrected chi connectivity index (χ1v) is 5.31. The molecule has 1 aliphatic carbocycles. The topological polar surface area (TPSA) is 38.0 Å². The minimum absolute atomic E-state index is 0.271. The molecule has 1 atom stereocenters. The van der Waals surface area contributed by atoms with Gasteiger partial charge < -0.3 is 0 Å². The summed E-state index contributed by atoms with van der Waals surface area (Å²) in [5, 5.41) is 0.793. The predicted molar refractivity (Wildman–Crippen MR) is 59.0 cm³/mol. The van der Waals surface area contributed by atoms with Crippen molar-refractivity contribution in [3.05, 3.63) is 34.3 Å². The van der Waals surface area contributed by atoms with Crippen molar-refractivity contribution in [1.82, 2.24) is 5.43 Å². The van der Waals surface area contributed by atoms with Gasteiger partial charge in [0.25, 0.3) is 0 Å². The Bertz CT molecular complexity index is 314. The highest BCUT2D eigenvalue weighted by Gasteiger charge is 2.31. The van der Waals surface area contributed by atoms with E-state index < -0.39 is 0 Å². The molecule has 14 heavy (non-hydrogen) atoms. The standard InChI is InChI=1S/C11H15ClN2/c1-7-4-9(6-10(12)5-7)11(14-13)8-2-3-8/h4-6,8,11,14H,2-3,13H2,1H3. The molecular formula is C11H15ClN2. The Hall–Kier alpha value is -0.570. The van der Waals surface area contributed by atoms with Crippen LogP contribution in [0.4, 0.5) is 0 Å². The summed E-state index contributed by atoms with van der Waals surface area (Å²) in [5.74, 6) is 6.25. The molecule has 2 nitrogen and oxygen atoms in total. The van der Waals surface area contributed by atoms with Gasteiger partial charge in [-0.3, -0.25) is 11.3 Å². The van der Waals surface area contributed by atoms with Gasteiger partial charge in [0.2, 0.25) is 0 Å². The highest BCUT2D eigenvalue weighted by atomic mass is 35.5. The molecule has 1 aromatic carbocycles. The lowest BCUT2D eigenvalue weighted by Gasteiger charge is -2.16. The monoisotopic (exact) mass is 210 g/mol. The summed E-state index contributed by atoms with van der Waals surface area (Å²) in [5.41, 5.74) is 5.27. The molecule has 76 valence electrons. The van der Waals surface area contributed by atoms with Gasteiger partial charge in [-0.2, -0.15) is 0 Å². The molecule has 1 fully saturated rings. The van der Waals surface area contributed by atoms with Crippen LogP contribution in [0, 0.1) is 12.8 Å². The summed E-state index contributed by atoms with van der Waals surface area (Å²) in [6.45, 7) is 2.05. The molecule has 0 aromatic heterocycles. The van der Waals surface area contributed by atoms with Crippen molar-refractivity contribution in [3.8, 4) is 0 Å². The number of nitrogens with two attached hydrogens (primary N) is 1. The highest BCUT2D eigenvalue weighted by Crippen LogP contribution is 2.41. The van der Waals surface area contributed by atoms with Crippen LogP contribution in [0.5, 0.6) is 0 Å². The van der Waals surface area contributed by atoms with Crippen molar-refractivity contribution in [2.24, 2.45) is 11.8 Å². The number of rotatable bonds is 3. The van der Waals surface area contributed by atoms with Crippen LogP contribution in [0.15, 0.2) is 18.2 Å². The van der Waals surface area contributed by atoms with Crippen molar-refractivity contribution in [2.45, 2.75) is 25.8 Å². The van der Waals surface area contributed by atoms with Crippen molar-refractivity contribution < 1.29 is 0 Å². The van der Waals surface area contributed by atoms with E-state index in [1.807, 2.05) is 12.1 Å². The maximum atomic E-state index is 6.01. The van der Waals surface area contributed by atoms with Gasteiger partial charge in [0, 0.05) is 11.1 Å². The fourth-order valence-electron chi connectivity index (χ4n) is 1.88. The fourth-order valence-corrected chi connectivity index (χ4v) is 2.18. The van der Waals surface area contributed by atoms with Gasteiger partial charge in [-0.05, 0) is 48.9 Å². The SMILES string of the molecule is Cc1cc(Cl)cc(C(NN)C2CC2)c1. The second-order valence-electron chi connectivity index (χ2n) is 4.04. The summed E-state index contributed by atoms with van der Waals surface area (Å²) >= 11 is 6.01. The summed E-state index contributed by atoms with van der Waals surface area (Å²) in [7, 11) is 0. The lowest BCUT2D eigenvalue weighted by atomic mass is 10.0. The van der Waals surface area contributed by atoms with E-state index in [2.05, 4.69) is 18.4 Å². The Balaban J connectivity index is 2.28. The van der Waals surface area contributed by atoms with Gasteiger partial charge in [0.15, 0.2) is 0 Å².